The van der Waals surface area contributed by atoms with E-state index >= 15 is 0 Å². The molecule has 2 unspecified atom stereocenters. The van der Waals surface area contributed by atoms with Crippen LogP contribution in [-0.4, -0.2) is 35.5 Å². The monoisotopic (exact) mass is 263 g/mol. The van der Waals surface area contributed by atoms with Crippen molar-refractivity contribution in [3.8, 4) is 0 Å². The lowest BCUT2D eigenvalue weighted by Gasteiger charge is -2.14. The maximum atomic E-state index is 10.9. The molecular weight excluding hydrogens is 242 g/mol. The number of nitrogens with one attached hydrogen (secondary N) is 1. The molecule has 1 heterocycles. The third kappa shape index (κ3) is 3.11. The minimum Gasteiger partial charge on any atom is -0.309 e. The molecule has 1 aliphatic rings. The third-order valence-electron chi connectivity index (χ3n) is 4.08. The van der Waals surface area contributed by atoms with Crippen LogP contribution in [0.1, 0.15) is 24.5 Å². The highest BCUT2D eigenvalue weighted by Gasteiger charge is 2.25. The van der Waals surface area contributed by atoms with E-state index in [9.17, 15) is 10.1 Å². The lowest BCUT2D eigenvalue weighted by Crippen LogP contribution is -2.31. The van der Waals surface area contributed by atoms with E-state index in [1.165, 1.54) is 0 Å². The van der Waals surface area contributed by atoms with Crippen molar-refractivity contribution in [3.05, 3.63) is 39.4 Å². The van der Waals surface area contributed by atoms with Crippen molar-refractivity contribution in [1.29, 1.82) is 0 Å². The predicted molar refractivity (Wildman–Crippen MR) is 75.2 cm³/mol. The van der Waals surface area contributed by atoms with Crippen molar-refractivity contribution in [2.24, 2.45) is 0 Å². The normalized spacial score (nSPS) is 23.7. The minimum absolute atomic E-state index is 0.205. The molecule has 1 saturated heterocycles. The molecule has 0 aromatic heterocycles. The number of benzene rings is 1. The van der Waals surface area contributed by atoms with E-state index in [1.54, 1.807) is 12.1 Å². The zero-order valence-electron chi connectivity index (χ0n) is 11.7. The summed E-state index contributed by atoms with van der Waals surface area (Å²) in [5, 5.41) is 14.4. The van der Waals surface area contributed by atoms with Crippen molar-refractivity contribution >= 4 is 5.69 Å². The molecule has 5 heteroatoms. The molecule has 0 amide bonds. The summed E-state index contributed by atoms with van der Waals surface area (Å²) in [6.07, 6.45) is 1.13. The van der Waals surface area contributed by atoms with Gasteiger partial charge in [0.15, 0.2) is 0 Å². The first-order chi connectivity index (χ1) is 8.99. The van der Waals surface area contributed by atoms with Crippen LogP contribution in [0.25, 0.3) is 0 Å². The van der Waals surface area contributed by atoms with Crippen molar-refractivity contribution in [2.45, 2.75) is 38.9 Å². The van der Waals surface area contributed by atoms with E-state index in [2.05, 4.69) is 24.2 Å². The summed E-state index contributed by atoms with van der Waals surface area (Å²) < 4.78 is 0. The van der Waals surface area contributed by atoms with Crippen LogP contribution < -0.4 is 5.32 Å². The van der Waals surface area contributed by atoms with E-state index in [0.717, 1.165) is 24.1 Å². The van der Waals surface area contributed by atoms with E-state index in [1.807, 2.05) is 13.0 Å². The predicted octanol–water partition coefficient (Wildman–Crippen LogP) is 2.09. The molecule has 1 fully saturated rings. The van der Waals surface area contributed by atoms with Gasteiger partial charge in [0.2, 0.25) is 0 Å². The Morgan fingerprint density at radius 1 is 1.53 bits per heavy atom. The number of nitro benzene ring substituents is 1. The van der Waals surface area contributed by atoms with Gasteiger partial charge in [-0.05, 0) is 32.9 Å². The molecule has 104 valence electrons. The summed E-state index contributed by atoms with van der Waals surface area (Å²) in [7, 11) is 2.13. The molecule has 19 heavy (non-hydrogen) atoms. The number of nitrogens with zero attached hydrogens (tertiary/aromatic N) is 2. The van der Waals surface area contributed by atoms with Gasteiger partial charge in [0, 0.05) is 36.8 Å². The van der Waals surface area contributed by atoms with Gasteiger partial charge in [-0.3, -0.25) is 10.1 Å². The summed E-state index contributed by atoms with van der Waals surface area (Å²) in [6, 6.07) is 6.34. The topological polar surface area (TPSA) is 58.4 Å². The highest BCUT2D eigenvalue weighted by atomic mass is 16.6. The Balaban J connectivity index is 2.01. The second-order valence-corrected chi connectivity index (χ2v) is 5.42. The van der Waals surface area contributed by atoms with Gasteiger partial charge in [-0.25, -0.2) is 0 Å². The Morgan fingerprint density at radius 2 is 2.26 bits per heavy atom. The molecule has 0 spiro atoms. The van der Waals surface area contributed by atoms with Gasteiger partial charge in [0.25, 0.3) is 5.69 Å². The zero-order valence-corrected chi connectivity index (χ0v) is 11.7. The molecule has 1 aromatic rings. The summed E-state index contributed by atoms with van der Waals surface area (Å²) in [6.45, 7) is 5.77. The van der Waals surface area contributed by atoms with Crippen LogP contribution in [0.15, 0.2) is 18.2 Å². The maximum absolute atomic E-state index is 10.9. The highest BCUT2D eigenvalue weighted by Crippen LogP contribution is 2.22. The van der Waals surface area contributed by atoms with Crippen LogP contribution in [0.2, 0.25) is 0 Å². The Bertz CT molecular complexity index is 466. The zero-order chi connectivity index (χ0) is 14.0. The molecule has 1 aliphatic heterocycles. The second-order valence-electron chi connectivity index (χ2n) is 5.42. The molecule has 1 N–H and O–H groups in total. The number of likely N-dealkylation sites (N-methyl/N-ethyl adjacent to an activating group) is 1. The fourth-order valence-corrected chi connectivity index (χ4v) is 2.66. The van der Waals surface area contributed by atoms with E-state index < -0.39 is 0 Å². The SMILES string of the molecule is Cc1c(CNC2CC(C)N(C)C2)cccc1[N+](=O)[O-]. The lowest BCUT2D eigenvalue weighted by molar-refractivity contribution is -0.385. The number of rotatable bonds is 4. The third-order valence-corrected chi connectivity index (χ3v) is 4.08. The largest absolute Gasteiger partial charge is 0.309 e. The Kier molecular flexibility index (Phi) is 4.17. The van der Waals surface area contributed by atoms with Crippen LogP contribution in [-0.2, 0) is 6.54 Å². The molecule has 2 atom stereocenters. The van der Waals surface area contributed by atoms with Gasteiger partial charge < -0.3 is 10.2 Å². The number of nitro groups is 1. The van der Waals surface area contributed by atoms with Gasteiger partial charge in [-0.2, -0.15) is 0 Å². The molecule has 5 nitrogen and oxygen atoms in total. The van der Waals surface area contributed by atoms with E-state index in [0.29, 0.717) is 18.6 Å². The molecule has 2 rings (SSSR count). The van der Waals surface area contributed by atoms with E-state index in [4.69, 9.17) is 0 Å². The highest BCUT2D eigenvalue weighted by molar-refractivity contribution is 5.44. The smallest absolute Gasteiger partial charge is 0.272 e. The summed E-state index contributed by atoms with van der Waals surface area (Å²) in [4.78, 5) is 12.9. The molecular formula is C14H21N3O2. The number of likely N-dealkylation sites (tertiary alicyclic amines) is 1. The average Bonchev–Trinajstić information content (AvgIpc) is 2.67. The maximum Gasteiger partial charge on any atom is 0.272 e. The van der Waals surface area contributed by atoms with Crippen LogP contribution >= 0.6 is 0 Å². The van der Waals surface area contributed by atoms with Gasteiger partial charge in [0.1, 0.15) is 0 Å². The molecule has 0 aliphatic carbocycles. The quantitative estimate of drug-likeness (QED) is 0.667. The standard InChI is InChI=1S/C14H21N3O2/c1-10-7-13(9-16(10)3)15-8-12-5-4-6-14(11(12)2)17(18)19/h4-6,10,13,15H,7-9H2,1-3H3. The fourth-order valence-electron chi connectivity index (χ4n) is 2.66. The van der Waals surface area contributed by atoms with Gasteiger partial charge in [0.05, 0.1) is 4.92 Å². The van der Waals surface area contributed by atoms with Crippen molar-refractivity contribution < 1.29 is 4.92 Å². The summed E-state index contributed by atoms with van der Waals surface area (Å²) >= 11 is 0. The summed E-state index contributed by atoms with van der Waals surface area (Å²) in [5.41, 5.74) is 1.98. The average molecular weight is 263 g/mol. The van der Waals surface area contributed by atoms with Crippen LogP contribution in [0.3, 0.4) is 0 Å². The van der Waals surface area contributed by atoms with Gasteiger partial charge in [-0.1, -0.05) is 12.1 Å². The minimum atomic E-state index is -0.315. The Morgan fingerprint density at radius 3 is 2.84 bits per heavy atom. The van der Waals surface area contributed by atoms with Crippen LogP contribution in [0.5, 0.6) is 0 Å². The molecule has 1 aromatic carbocycles. The van der Waals surface area contributed by atoms with Crippen LogP contribution in [0, 0.1) is 17.0 Å². The summed E-state index contributed by atoms with van der Waals surface area (Å²) in [5.74, 6) is 0. The van der Waals surface area contributed by atoms with Gasteiger partial charge >= 0.3 is 0 Å². The number of hydrogen-bond acceptors (Lipinski definition) is 4. The Labute approximate surface area is 113 Å². The Hall–Kier alpha value is -1.46. The van der Waals surface area contributed by atoms with Crippen molar-refractivity contribution in [3.63, 3.8) is 0 Å². The van der Waals surface area contributed by atoms with Crippen LogP contribution in [0.4, 0.5) is 5.69 Å². The van der Waals surface area contributed by atoms with Crippen molar-refractivity contribution in [1.82, 2.24) is 10.2 Å². The first-order valence-electron chi connectivity index (χ1n) is 6.65. The van der Waals surface area contributed by atoms with E-state index in [-0.39, 0.29) is 10.6 Å². The number of hydrogen-bond donors (Lipinski definition) is 1. The molecule has 0 bridgehead atoms. The first kappa shape index (κ1) is 14.0. The van der Waals surface area contributed by atoms with Gasteiger partial charge in [-0.15, -0.1) is 0 Å². The second kappa shape index (κ2) is 5.67. The van der Waals surface area contributed by atoms with Crippen molar-refractivity contribution in [2.75, 3.05) is 13.6 Å². The molecule has 0 radical (unpaired) electrons. The first-order valence-corrected chi connectivity index (χ1v) is 6.65. The fraction of sp³-hybridized carbons (Fsp3) is 0.571. The lowest BCUT2D eigenvalue weighted by atomic mass is 10.1. The molecule has 0 saturated carbocycles.